The van der Waals surface area contributed by atoms with Gasteiger partial charge in [-0.3, -0.25) is 0 Å². The van der Waals surface area contributed by atoms with Crippen LogP contribution in [-0.2, 0) is 4.43 Å². The molecule has 2 atom stereocenters. The number of aliphatic hydroxyl groups is 1. The largest absolute Gasteiger partial charge is 0.438 e. The Morgan fingerprint density at radius 3 is 2.88 bits per heavy atom. The second-order valence-corrected chi connectivity index (χ2v) is 16.1. The highest BCUT2D eigenvalue weighted by molar-refractivity contribution is 7.32. The van der Waals surface area contributed by atoms with Gasteiger partial charge in [-0.15, -0.1) is 0 Å². The molecule has 0 aromatic heterocycles. The van der Waals surface area contributed by atoms with Crippen molar-refractivity contribution < 1.29 is 14.3 Å². The standard InChI is InChI=1S/C2H10O3Si3/c3-2-1-8(4)7-6-5-2/h2-4,8H,1,6-7H2. The molecule has 1 heterocycles. The van der Waals surface area contributed by atoms with E-state index in [1.165, 1.54) is 0 Å². The van der Waals surface area contributed by atoms with Gasteiger partial charge in [0.1, 0.15) is 15.6 Å². The van der Waals surface area contributed by atoms with Crippen molar-refractivity contribution in [3.63, 3.8) is 0 Å². The van der Waals surface area contributed by atoms with Crippen LogP contribution in [0.3, 0.4) is 0 Å². The molecule has 1 saturated heterocycles. The minimum Gasteiger partial charge on any atom is -0.438 e. The van der Waals surface area contributed by atoms with Crippen molar-refractivity contribution in [3.8, 4) is 0 Å². The molecule has 0 aromatic rings. The van der Waals surface area contributed by atoms with E-state index in [-0.39, 0.29) is 17.8 Å². The average Bonchev–Trinajstić information content (AvgIpc) is 1.64. The summed E-state index contributed by atoms with van der Waals surface area (Å²) >= 11 is 0. The second kappa shape index (κ2) is 2.90. The molecule has 0 bridgehead atoms. The van der Waals surface area contributed by atoms with Crippen molar-refractivity contribution in [2.24, 2.45) is 0 Å². The summed E-state index contributed by atoms with van der Waals surface area (Å²) in [4.78, 5) is 9.07. The Morgan fingerprint density at radius 1 is 1.75 bits per heavy atom. The molecule has 1 fully saturated rings. The van der Waals surface area contributed by atoms with E-state index in [0.717, 1.165) is 0 Å². The number of hydrogen-bond donors (Lipinski definition) is 2. The quantitative estimate of drug-likeness (QED) is 0.371. The molecule has 3 nitrogen and oxygen atoms in total. The molecule has 0 aromatic carbocycles. The SMILES string of the molecule is OC1C[SiH](O)[SiH2][SiH2]O1. The number of hydrogen-bond acceptors (Lipinski definition) is 3. The highest BCUT2D eigenvalue weighted by Crippen LogP contribution is 2.01. The first-order chi connectivity index (χ1) is 3.79. The van der Waals surface area contributed by atoms with E-state index < -0.39 is 14.8 Å². The molecule has 0 radical (unpaired) electrons. The van der Waals surface area contributed by atoms with Crippen molar-refractivity contribution in [3.05, 3.63) is 0 Å². The van der Waals surface area contributed by atoms with Crippen LogP contribution in [0.15, 0.2) is 0 Å². The fraction of sp³-hybridized carbons (Fsp3) is 1.00. The Bertz CT molecular complexity index is 70.9. The van der Waals surface area contributed by atoms with Crippen LogP contribution in [0.1, 0.15) is 0 Å². The zero-order valence-electron chi connectivity index (χ0n) is 4.58. The zero-order chi connectivity index (χ0) is 5.98. The van der Waals surface area contributed by atoms with Gasteiger partial charge >= 0.3 is 0 Å². The Hall–Kier alpha value is 0.531. The van der Waals surface area contributed by atoms with Crippen LogP contribution in [0.4, 0.5) is 0 Å². The summed E-state index contributed by atoms with van der Waals surface area (Å²) in [6, 6.07) is 0.596. The topological polar surface area (TPSA) is 49.7 Å². The summed E-state index contributed by atoms with van der Waals surface area (Å²) in [5, 5.41) is 8.79. The molecule has 48 valence electrons. The van der Waals surface area contributed by atoms with E-state index in [1.54, 1.807) is 0 Å². The van der Waals surface area contributed by atoms with Crippen LogP contribution in [0.25, 0.3) is 0 Å². The van der Waals surface area contributed by atoms with E-state index in [2.05, 4.69) is 0 Å². The van der Waals surface area contributed by atoms with Gasteiger partial charge in [-0.25, -0.2) is 0 Å². The van der Waals surface area contributed by atoms with Gasteiger partial charge in [0, 0.05) is 6.04 Å². The lowest BCUT2D eigenvalue weighted by atomic mass is 10.8. The van der Waals surface area contributed by atoms with E-state index in [0.29, 0.717) is 6.04 Å². The van der Waals surface area contributed by atoms with E-state index in [9.17, 15) is 0 Å². The molecular formula is C2H10O3Si3. The molecule has 0 saturated carbocycles. The lowest BCUT2D eigenvalue weighted by Crippen LogP contribution is -2.40. The highest BCUT2D eigenvalue weighted by atomic mass is 29.6. The van der Waals surface area contributed by atoms with Gasteiger partial charge in [-0.05, 0) is 0 Å². The summed E-state index contributed by atoms with van der Waals surface area (Å²) in [6.07, 6.45) is -0.579. The van der Waals surface area contributed by atoms with Gasteiger partial charge in [0.15, 0.2) is 8.56 Å². The third kappa shape index (κ3) is 1.80. The maximum absolute atomic E-state index is 9.07. The molecular weight excluding hydrogens is 156 g/mol. The second-order valence-electron chi connectivity index (χ2n) is 2.00. The predicted octanol–water partition coefficient (Wildman–Crippen LogP) is -3.28. The molecule has 0 spiro atoms. The van der Waals surface area contributed by atoms with E-state index in [4.69, 9.17) is 14.3 Å². The van der Waals surface area contributed by atoms with Gasteiger partial charge in [0.25, 0.3) is 0 Å². The number of rotatable bonds is 0. The monoisotopic (exact) mass is 166 g/mol. The maximum atomic E-state index is 9.07. The van der Waals surface area contributed by atoms with E-state index in [1.807, 2.05) is 0 Å². The van der Waals surface area contributed by atoms with Crippen LogP contribution in [0.2, 0.25) is 6.04 Å². The summed E-state index contributed by atoms with van der Waals surface area (Å²) in [5.41, 5.74) is 0. The molecule has 0 amide bonds. The first kappa shape index (κ1) is 6.65. The van der Waals surface area contributed by atoms with Crippen LogP contribution in [0, 0.1) is 0 Å². The summed E-state index contributed by atoms with van der Waals surface area (Å²) in [5.74, 6) is 0. The van der Waals surface area contributed by atoms with Crippen molar-refractivity contribution in [2.45, 2.75) is 12.3 Å². The Balaban J connectivity index is 2.23. The van der Waals surface area contributed by atoms with Crippen molar-refractivity contribution in [1.82, 2.24) is 0 Å². The molecule has 2 N–H and O–H groups in total. The van der Waals surface area contributed by atoms with E-state index >= 15 is 0 Å². The first-order valence-corrected chi connectivity index (χ1v) is 11.9. The fourth-order valence-electron chi connectivity index (χ4n) is 0.759. The Kier molecular flexibility index (Phi) is 2.41. The first-order valence-electron chi connectivity index (χ1n) is 2.77. The minimum atomic E-state index is -1.33. The lowest BCUT2D eigenvalue weighted by Gasteiger charge is -2.19. The third-order valence-corrected chi connectivity index (χ3v) is 16.2. The summed E-state index contributed by atoms with van der Waals surface area (Å²) < 4.78 is 4.98. The Morgan fingerprint density at radius 2 is 2.50 bits per heavy atom. The molecule has 1 aliphatic heterocycles. The maximum Gasteiger partial charge on any atom is 0.158 e. The van der Waals surface area contributed by atoms with Gasteiger partial charge < -0.3 is 14.3 Å². The molecule has 1 aliphatic rings. The molecule has 2 unspecified atom stereocenters. The lowest BCUT2D eigenvalue weighted by molar-refractivity contribution is 0.00132. The predicted molar refractivity (Wildman–Crippen MR) is 38.4 cm³/mol. The van der Waals surface area contributed by atoms with Gasteiger partial charge in [0.2, 0.25) is 0 Å². The smallest absolute Gasteiger partial charge is 0.158 e. The van der Waals surface area contributed by atoms with Crippen molar-refractivity contribution in [2.75, 3.05) is 0 Å². The molecule has 6 heteroatoms. The van der Waals surface area contributed by atoms with Crippen molar-refractivity contribution >= 4 is 26.4 Å². The van der Waals surface area contributed by atoms with Gasteiger partial charge in [-0.2, -0.15) is 0 Å². The molecule has 8 heavy (non-hydrogen) atoms. The third-order valence-electron chi connectivity index (χ3n) is 1.24. The molecule has 0 aliphatic carbocycles. The number of aliphatic hydroxyl groups excluding tert-OH is 1. The van der Waals surface area contributed by atoms with Crippen molar-refractivity contribution in [1.29, 1.82) is 0 Å². The fourth-order valence-corrected chi connectivity index (χ4v) is 12.1. The zero-order valence-corrected chi connectivity index (χ0v) is 8.56. The summed E-state index contributed by atoms with van der Waals surface area (Å²) in [6.45, 7) is 0. The highest BCUT2D eigenvalue weighted by Gasteiger charge is 2.20. The van der Waals surface area contributed by atoms with Crippen LogP contribution >= 0.6 is 0 Å². The van der Waals surface area contributed by atoms with Crippen LogP contribution in [0.5, 0.6) is 0 Å². The molecule has 1 rings (SSSR count). The van der Waals surface area contributed by atoms with Gasteiger partial charge in [0.05, 0.1) is 8.55 Å². The van der Waals surface area contributed by atoms with Crippen LogP contribution in [-0.4, -0.2) is 42.6 Å². The average molecular weight is 166 g/mol. The Labute approximate surface area is 53.8 Å². The normalized spacial score (nSPS) is 45.8. The van der Waals surface area contributed by atoms with Crippen LogP contribution < -0.4 is 0 Å². The minimum absolute atomic E-state index is 0.148. The summed E-state index contributed by atoms with van der Waals surface area (Å²) in [7, 11) is -1.86. The van der Waals surface area contributed by atoms with Gasteiger partial charge in [-0.1, -0.05) is 0 Å².